The van der Waals surface area contributed by atoms with E-state index < -0.39 is 0 Å². The van der Waals surface area contributed by atoms with Gasteiger partial charge in [-0.1, -0.05) is 30.3 Å². The molecule has 1 aromatic carbocycles. The molecular formula is C18H25N5. The third kappa shape index (κ3) is 3.79. The Hall–Kier alpha value is -2.14. The lowest BCUT2D eigenvalue weighted by Gasteiger charge is -2.30. The number of benzene rings is 1. The number of rotatable bonds is 4. The molecule has 0 saturated carbocycles. The summed E-state index contributed by atoms with van der Waals surface area (Å²) >= 11 is 0. The summed E-state index contributed by atoms with van der Waals surface area (Å²) in [6.07, 6.45) is 1.98. The fourth-order valence-corrected chi connectivity index (χ4v) is 2.86. The van der Waals surface area contributed by atoms with Crippen molar-refractivity contribution >= 4 is 6.21 Å². The van der Waals surface area contributed by atoms with Crippen LogP contribution in [-0.2, 0) is 6.54 Å². The zero-order valence-electron chi connectivity index (χ0n) is 14.2. The normalized spacial score (nSPS) is 16.4. The van der Waals surface area contributed by atoms with Gasteiger partial charge in [-0.2, -0.15) is 10.2 Å². The molecule has 23 heavy (non-hydrogen) atoms. The van der Waals surface area contributed by atoms with Crippen molar-refractivity contribution in [1.82, 2.24) is 19.7 Å². The summed E-state index contributed by atoms with van der Waals surface area (Å²) in [4.78, 5) is 2.33. The Bertz CT molecular complexity index is 666. The molecule has 122 valence electrons. The summed E-state index contributed by atoms with van der Waals surface area (Å²) in [5.74, 6) is 0. The topological polar surface area (TPSA) is 36.7 Å². The van der Waals surface area contributed by atoms with E-state index in [-0.39, 0.29) is 0 Å². The minimum atomic E-state index is 0.801. The number of aryl methyl sites for hydroxylation is 1. The Kier molecular flexibility index (Phi) is 4.76. The summed E-state index contributed by atoms with van der Waals surface area (Å²) in [6, 6.07) is 10.4. The summed E-state index contributed by atoms with van der Waals surface area (Å²) in [5, 5.41) is 11.5. The van der Waals surface area contributed by atoms with Crippen LogP contribution in [-0.4, -0.2) is 59.1 Å². The number of likely N-dealkylation sites (N-methyl/N-ethyl adjacent to an activating group) is 1. The van der Waals surface area contributed by atoms with Crippen molar-refractivity contribution in [1.29, 1.82) is 0 Å². The second-order valence-corrected chi connectivity index (χ2v) is 6.23. The van der Waals surface area contributed by atoms with Crippen molar-refractivity contribution in [2.45, 2.75) is 20.4 Å². The van der Waals surface area contributed by atoms with Crippen LogP contribution in [0.25, 0.3) is 0 Å². The molecule has 0 unspecified atom stereocenters. The van der Waals surface area contributed by atoms with Crippen LogP contribution in [0.1, 0.15) is 22.5 Å². The summed E-state index contributed by atoms with van der Waals surface area (Å²) in [6.45, 7) is 9.10. The van der Waals surface area contributed by atoms with Gasteiger partial charge in [0, 0.05) is 37.4 Å². The van der Waals surface area contributed by atoms with Gasteiger partial charge in [-0.05, 0) is 26.5 Å². The van der Waals surface area contributed by atoms with Crippen molar-refractivity contribution in [3.8, 4) is 0 Å². The highest BCUT2D eigenvalue weighted by Gasteiger charge is 2.13. The number of hydrazone groups is 1. The van der Waals surface area contributed by atoms with Gasteiger partial charge in [0.05, 0.1) is 18.5 Å². The minimum Gasteiger partial charge on any atom is -0.303 e. The fraction of sp³-hybridized carbons (Fsp3) is 0.444. The van der Waals surface area contributed by atoms with Crippen LogP contribution >= 0.6 is 0 Å². The Morgan fingerprint density at radius 1 is 1.09 bits per heavy atom. The zero-order chi connectivity index (χ0) is 16.2. The molecule has 0 bridgehead atoms. The molecule has 1 fully saturated rings. The van der Waals surface area contributed by atoms with Gasteiger partial charge in [-0.15, -0.1) is 0 Å². The van der Waals surface area contributed by atoms with Crippen LogP contribution in [0.4, 0.5) is 0 Å². The molecule has 0 atom stereocenters. The van der Waals surface area contributed by atoms with Gasteiger partial charge in [0.2, 0.25) is 0 Å². The van der Waals surface area contributed by atoms with E-state index in [0.29, 0.717) is 0 Å². The maximum atomic E-state index is 4.68. The molecule has 1 aliphatic rings. The third-order valence-corrected chi connectivity index (χ3v) is 4.44. The predicted octanol–water partition coefficient (Wildman–Crippen LogP) is 2.13. The monoisotopic (exact) mass is 311 g/mol. The number of piperazine rings is 1. The van der Waals surface area contributed by atoms with Crippen molar-refractivity contribution in [3.63, 3.8) is 0 Å². The van der Waals surface area contributed by atoms with Gasteiger partial charge in [0.15, 0.2) is 0 Å². The first-order valence-electron chi connectivity index (χ1n) is 8.19. The smallest absolute Gasteiger partial charge is 0.0685 e. The highest BCUT2D eigenvalue weighted by atomic mass is 15.5. The molecule has 1 aromatic heterocycles. The Balaban J connectivity index is 1.73. The minimum absolute atomic E-state index is 0.801. The molecule has 0 radical (unpaired) electrons. The first-order chi connectivity index (χ1) is 11.1. The molecule has 3 rings (SSSR count). The molecule has 0 aliphatic carbocycles. The lowest BCUT2D eigenvalue weighted by molar-refractivity contribution is 0.159. The van der Waals surface area contributed by atoms with Gasteiger partial charge < -0.3 is 4.90 Å². The van der Waals surface area contributed by atoms with Crippen molar-refractivity contribution < 1.29 is 0 Å². The average molecular weight is 311 g/mol. The van der Waals surface area contributed by atoms with Gasteiger partial charge in [-0.25, -0.2) is 0 Å². The molecule has 1 aliphatic heterocycles. The van der Waals surface area contributed by atoms with Crippen LogP contribution in [0.2, 0.25) is 0 Å². The van der Waals surface area contributed by atoms with Crippen LogP contribution in [0.15, 0.2) is 35.4 Å². The van der Waals surface area contributed by atoms with E-state index in [1.165, 1.54) is 11.3 Å². The third-order valence-electron chi connectivity index (χ3n) is 4.44. The fourth-order valence-electron chi connectivity index (χ4n) is 2.86. The van der Waals surface area contributed by atoms with Crippen LogP contribution in [0.5, 0.6) is 0 Å². The quantitative estimate of drug-likeness (QED) is 0.812. The van der Waals surface area contributed by atoms with Crippen LogP contribution in [0, 0.1) is 13.8 Å². The molecule has 0 spiro atoms. The van der Waals surface area contributed by atoms with Gasteiger partial charge in [-0.3, -0.25) is 9.69 Å². The van der Waals surface area contributed by atoms with Crippen molar-refractivity contribution in [2.75, 3.05) is 33.2 Å². The van der Waals surface area contributed by atoms with E-state index in [4.69, 9.17) is 0 Å². The second kappa shape index (κ2) is 6.96. The average Bonchev–Trinajstić information content (AvgIpc) is 2.82. The SMILES string of the molecule is Cc1nn(Cc2ccccc2)c(C)c1/C=N\N1CCN(C)CC1. The number of nitrogens with zero attached hydrogens (tertiary/aromatic N) is 5. The van der Waals surface area contributed by atoms with E-state index >= 15 is 0 Å². The Morgan fingerprint density at radius 2 is 1.78 bits per heavy atom. The summed E-state index contributed by atoms with van der Waals surface area (Å²) in [5.41, 5.74) is 4.61. The predicted molar refractivity (Wildman–Crippen MR) is 93.9 cm³/mol. The molecule has 2 heterocycles. The van der Waals surface area contributed by atoms with E-state index in [0.717, 1.165) is 44.0 Å². The Labute approximate surface area is 138 Å². The molecule has 5 nitrogen and oxygen atoms in total. The number of aromatic nitrogens is 2. The lowest BCUT2D eigenvalue weighted by Crippen LogP contribution is -2.41. The van der Waals surface area contributed by atoms with E-state index in [1.54, 1.807) is 0 Å². The lowest BCUT2D eigenvalue weighted by atomic mass is 10.2. The van der Waals surface area contributed by atoms with Crippen LogP contribution in [0.3, 0.4) is 0 Å². The van der Waals surface area contributed by atoms with Crippen molar-refractivity contribution in [2.24, 2.45) is 5.10 Å². The highest BCUT2D eigenvalue weighted by molar-refractivity contribution is 5.82. The molecular weight excluding hydrogens is 286 g/mol. The van der Waals surface area contributed by atoms with Gasteiger partial charge >= 0.3 is 0 Å². The largest absolute Gasteiger partial charge is 0.303 e. The van der Waals surface area contributed by atoms with E-state index in [1.807, 2.05) is 12.3 Å². The maximum absolute atomic E-state index is 4.68. The molecule has 0 amide bonds. The zero-order valence-corrected chi connectivity index (χ0v) is 14.2. The van der Waals surface area contributed by atoms with E-state index in [2.05, 4.69) is 70.0 Å². The first-order valence-corrected chi connectivity index (χ1v) is 8.19. The second-order valence-electron chi connectivity index (χ2n) is 6.23. The van der Waals surface area contributed by atoms with Crippen LogP contribution < -0.4 is 0 Å². The number of hydrogen-bond donors (Lipinski definition) is 0. The standard InChI is InChI=1S/C18H25N5/c1-15-18(13-19-22-11-9-21(3)10-12-22)16(2)23(20-15)14-17-7-5-4-6-8-17/h4-8,13H,9-12,14H2,1-3H3/b19-13-. The Morgan fingerprint density at radius 3 is 2.48 bits per heavy atom. The van der Waals surface area contributed by atoms with Gasteiger partial charge in [0.25, 0.3) is 0 Å². The first kappa shape index (κ1) is 15.7. The summed E-state index contributed by atoms with van der Waals surface area (Å²) in [7, 11) is 2.16. The molecule has 1 saturated heterocycles. The maximum Gasteiger partial charge on any atom is 0.0685 e. The number of hydrogen-bond acceptors (Lipinski definition) is 4. The molecule has 2 aromatic rings. The molecule has 0 N–H and O–H groups in total. The highest BCUT2D eigenvalue weighted by Crippen LogP contribution is 2.13. The van der Waals surface area contributed by atoms with Crippen molar-refractivity contribution in [3.05, 3.63) is 52.8 Å². The van der Waals surface area contributed by atoms with E-state index in [9.17, 15) is 0 Å². The summed E-state index contributed by atoms with van der Waals surface area (Å²) < 4.78 is 2.07. The molecule has 5 heteroatoms. The van der Waals surface area contributed by atoms with Gasteiger partial charge in [0.1, 0.15) is 0 Å².